The Morgan fingerprint density at radius 3 is 2.17 bits per heavy atom. The van der Waals surface area contributed by atoms with Gasteiger partial charge < -0.3 is 4.90 Å². The van der Waals surface area contributed by atoms with Crippen molar-refractivity contribution in [3.05, 3.63) is 24.3 Å². The summed E-state index contributed by atoms with van der Waals surface area (Å²) in [4.78, 5) is 33.4. The molecule has 7 rings (SSSR count). The number of hydrogen-bond acceptors (Lipinski definition) is 6. The van der Waals surface area contributed by atoms with Crippen molar-refractivity contribution in [2.45, 2.75) is 44.9 Å². The molecular weight excluding hydrogens is 492 g/mol. The largest absolute Gasteiger partial charge is 0.353 e. The summed E-state index contributed by atoms with van der Waals surface area (Å²) in [5, 5.41) is 1.27. The molecule has 3 saturated carbocycles. The number of benzene rings is 1. The maximum absolute atomic E-state index is 13.3. The number of amides is 2. The third kappa shape index (κ3) is 4.06. The zero-order valence-electron chi connectivity index (χ0n) is 20.9. The zero-order chi connectivity index (χ0) is 23.5. The fraction of sp³-hybridized carbons (Fsp3) is 0.679. The van der Waals surface area contributed by atoms with Gasteiger partial charge in [-0.2, -0.15) is 4.37 Å². The molecule has 5 fully saturated rings. The summed E-state index contributed by atoms with van der Waals surface area (Å²) in [6, 6.07) is 8.54. The molecule has 3 aliphatic carbocycles. The average molecular weight is 529 g/mol. The second-order valence-corrected chi connectivity index (χ2v) is 12.6. The van der Waals surface area contributed by atoms with Gasteiger partial charge in [-0.1, -0.05) is 25.0 Å². The Morgan fingerprint density at radius 1 is 0.833 bits per heavy atom. The molecule has 0 unspecified atom stereocenters. The summed E-state index contributed by atoms with van der Waals surface area (Å²) in [6.07, 6.45) is 8.35. The first-order chi connectivity index (χ1) is 17.2. The van der Waals surface area contributed by atoms with Crippen molar-refractivity contribution in [1.82, 2.24) is 14.2 Å². The maximum Gasteiger partial charge on any atom is 0.233 e. The molecule has 8 heteroatoms. The number of aromatic nitrogens is 1. The van der Waals surface area contributed by atoms with Gasteiger partial charge in [0.15, 0.2) is 0 Å². The smallest absolute Gasteiger partial charge is 0.233 e. The van der Waals surface area contributed by atoms with Crippen LogP contribution in [0, 0.1) is 35.5 Å². The van der Waals surface area contributed by atoms with Crippen LogP contribution < -0.4 is 4.90 Å². The summed E-state index contributed by atoms with van der Waals surface area (Å²) in [6.45, 7) is 5.93. The van der Waals surface area contributed by atoms with Crippen molar-refractivity contribution >= 4 is 51.7 Å². The van der Waals surface area contributed by atoms with Crippen LogP contribution in [-0.4, -0.2) is 65.3 Å². The van der Waals surface area contributed by atoms with Crippen LogP contribution in [0.1, 0.15) is 44.9 Å². The molecule has 2 amide bonds. The average Bonchev–Trinajstić information content (AvgIpc) is 3.66. The molecule has 194 valence electrons. The minimum absolute atomic E-state index is 0. The Bertz CT molecular complexity index is 1100. The number of carbonyl (C=O) groups excluding carboxylic acids is 2. The van der Waals surface area contributed by atoms with Crippen LogP contribution in [0.3, 0.4) is 0 Å². The van der Waals surface area contributed by atoms with E-state index in [1.54, 1.807) is 16.4 Å². The van der Waals surface area contributed by atoms with Crippen molar-refractivity contribution in [2.24, 2.45) is 35.5 Å². The number of piperazine rings is 1. The van der Waals surface area contributed by atoms with Crippen LogP contribution in [0.5, 0.6) is 0 Å². The van der Waals surface area contributed by atoms with E-state index in [2.05, 4.69) is 34.1 Å². The molecule has 0 radical (unpaired) electrons. The second kappa shape index (κ2) is 9.88. The van der Waals surface area contributed by atoms with Gasteiger partial charge >= 0.3 is 0 Å². The molecule has 6 nitrogen and oxygen atoms in total. The molecule has 0 N–H and O–H groups in total. The van der Waals surface area contributed by atoms with Gasteiger partial charge in [0, 0.05) is 44.7 Å². The zero-order valence-corrected chi connectivity index (χ0v) is 22.5. The van der Waals surface area contributed by atoms with E-state index >= 15 is 0 Å². The van der Waals surface area contributed by atoms with Crippen molar-refractivity contribution in [3.8, 4) is 0 Å². The highest BCUT2D eigenvalue weighted by Gasteiger charge is 2.61. The topological polar surface area (TPSA) is 56.8 Å². The number of anilines is 1. The number of halogens is 1. The summed E-state index contributed by atoms with van der Waals surface area (Å²) in [5.74, 6) is 3.59. The molecule has 5 aliphatic rings. The molecule has 0 spiro atoms. The van der Waals surface area contributed by atoms with Gasteiger partial charge in [-0.05, 0) is 79.4 Å². The molecule has 2 aromatic rings. The number of fused-ring (bicyclic) bond motifs is 6. The molecule has 2 aliphatic heterocycles. The van der Waals surface area contributed by atoms with E-state index in [9.17, 15) is 9.59 Å². The standard InChI is InChI=1S/C28H36N4O2S.ClH/c33-27-24-18-9-10-19(15-18)25(24)28(34)32(27)17-21-6-2-1-5-20(21)16-30-11-13-31(14-12-30)26-22-7-3-4-8-23(22)35-29-26;/h3-4,7-8,18-21,24-25H,1-2,5-6,9-17H2;1H/t18-,19+,20-,21-,24+,25-;/m1./s1. The van der Waals surface area contributed by atoms with E-state index in [1.807, 2.05) is 0 Å². The van der Waals surface area contributed by atoms with Crippen molar-refractivity contribution in [1.29, 1.82) is 0 Å². The van der Waals surface area contributed by atoms with E-state index in [-0.39, 0.29) is 36.1 Å². The van der Waals surface area contributed by atoms with Gasteiger partial charge in [0.2, 0.25) is 11.8 Å². The summed E-state index contributed by atoms with van der Waals surface area (Å²) in [7, 11) is 0. The lowest BCUT2D eigenvalue weighted by Crippen LogP contribution is -2.49. The fourth-order valence-corrected chi connectivity index (χ4v) is 9.02. The molecular formula is C28H37ClN4O2S. The van der Waals surface area contributed by atoms with Gasteiger partial charge in [0.05, 0.1) is 16.5 Å². The van der Waals surface area contributed by atoms with E-state index in [0.717, 1.165) is 64.2 Å². The molecule has 36 heavy (non-hydrogen) atoms. The van der Waals surface area contributed by atoms with E-state index < -0.39 is 0 Å². The van der Waals surface area contributed by atoms with E-state index in [1.165, 1.54) is 29.3 Å². The lowest BCUT2D eigenvalue weighted by molar-refractivity contribution is -0.142. The van der Waals surface area contributed by atoms with E-state index in [0.29, 0.717) is 30.2 Å². The number of rotatable bonds is 5. The molecule has 2 bridgehead atoms. The van der Waals surface area contributed by atoms with Crippen LogP contribution in [-0.2, 0) is 9.59 Å². The van der Waals surface area contributed by atoms with Crippen LogP contribution >= 0.6 is 23.9 Å². The second-order valence-electron chi connectivity index (χ2n) is 11.8. The quantitative estimate of drug-likeness (QED) is 0.527. The minimum Gasteiger partial charge on any atom is -0.353 e. The van der Waals surface area contributed by atoms with Gasteiger partial charge in [0.25, 0.3) is 0 Å². The SMILES string of the molecule is Cl.O=C1[C@@H]2[C@H]3CC[C@H](C3)[C@@H]2C(=O)N1C[C@H]1CCCC[C@@H]1CN1CCN(c2nsc3ccccc23)CC1. The van der Waals surface area contributed by atoms with Crippen LogP contribution in [0.15, 0.2) is 24.3 Å². The monoisotopic (exact) mass is 528 g/mol. The number of hydrogen-bond donors (Lipinski definition) is 0. The van der Waals surface area contributed by atoms with E-state index in [4.69, 9.17) is 4.37 Å². The summed E-state index contributed by atoms with van der Waals surface area (Å²) >= 11 is 1.60. The predicted molar refractivity (Wildman–Crippen MR) is 145 cm³/mol. The molecule has 3 heterocycles. The highest BCUT2D eigenvalue weighted by atomic mass is 35.5. The van der Waals surface area contributed by atoms with Crippen molar-refractivity contribution in [3.63, 3.8) is 0 Å². The van der Waals surface area contributed by atoms with Crippen LogP contribution in [0.2, 0.25) is 0 Å². The van der Waals surface area contributed by atoms with Crippen LogP contribution in [0.4, 0.5) is 5.82 Å². The highest BCUT2D eigenvalue weighted by molar-refractivity contribution is 7.13. The highest BCUT2D eigenvalue weighted by Crippen LogP contribution is 2.56. The summed E-state index contributed by atoms with van der Waals surface area (Å²) in [5.41, 5.74) is 0. The van der Waals surface area contributed by atoms with Crippen molar-refractivity contribution in [2.75, 3.05) is 44.2 Å². The first-order valence-electron chi connectivity index (χ1n) is 13.8. The Hall–Kier alpha value is -1.70. The number of likely N-dealkylation sites (tertiary alicyclic amines) is 1. The van der Waals surface area contributed by atoms with Crippen LogP contribution in [0.25, 0.3) is 10.1 Å². The Morgan fingerprint density at radius 2 is 1.47 bits per heavy atom. The minimum atomic E-state index is 0. The van der Waals surface area contributed by atoms with Crippen molar-refractivity contribution < 1.29 is 9.59 Å². The third-order valence-corrected chi connectivity index (χ3v) is 10.8. The Balaban J connectivity index is 0.00000240. The lowest BCUT2D eigenvalue weighted by atomic mass is 9.78. The normalized spacial score (nSPS) is 34.4. The maximum atomic E-state index is 13.3. The summed E-state index contributed by atoms with van der Waals surface area (Å²) < 4.78 is 6.02. The lowest BCUT2D eigenvalue weighted by Gasteiger charge is -2.40. The van der Waals surface area contributed by atoms with Gasteiger partial charge in [-0.25, -0.2) is 0 Å². The Kier molecular flexibility index (Phi) is 6.76. The number of imide groups is 1. The molecule has 1 aromatic carbocycles. The number of carbonyl (C=O) groups is 2. The molecule has 2 saturated heterocycles. The third-order valence-electron chi connectivity index (χ3n) is 10.0. The predicted octanol–water partition coefficient (Wildman–Crippen LogP) is 4.68. The molecule has 1 aromatic heterocycles. The molecule has 6 atom stereocenters. The first-order valence-corrected chi connectivity index (χ1v) is 14.6. The Labute approximate surface area is 224 Å². The van der Waals surface area contributed by atoms with Gasteiger partial charge in [-0.3, -0.25) is 19.4 Å². The first kappa shape index (κ1) is 24.6. The van der Waals surface area contributed by atoms with Gasteiger partial charge in [-0.15, -0.1) is 12.4 Å². The van der Waals surface area contributed by atoms with Gasteiger partial charge in [0.1, 0.15) is 5.82 Å². The number of nitrogens with zero attached hydrogens (tertiary/aromatic N) is 4. The fourth-order valence-electron chi connectivity index (χ4n) is 8.22.